The minimum absolute atomic E-state index is 0.244. The van der Waals surface area contributed by atoms with E-state index in [0.29, 0.717) is 13.2 Å². The number of carboxylic acid groups (broad SMARTS) is 3. The van der Waals surface area contributed by atoms with Crippen LogP contribution >= 0.6 is 0 Å². The molecule has 0 aromatic rings. The molecule has 1 aliphatic rings. The molecule has 9 heteroatoms. The number of carbonyl (C=O) groups is 3. The number of hydrogen-bond donors (Lipinski definition) is 3. The number of rotatable bonds is 7. The molecule has 0 aromatic heterocycles. The Labute approximate surface area is 108 Å². The molecule has 0 amide bonds. The maximum Gasteiger partial charge on any atom is 0.339 e. The van der Waals surface area contributed by atoms with Gasteiger partial charge < -0.3 is 20.1 Å². The van der Waals surface area contributed by atoms with E-state index in [1.807, 2.05) is 0 Å². The number of morpholine rings is 1. The third-order valence-electron chi connectivity index (χ3n) is 2.54. The highest BCUT2D eigenvalue weighted by atomic mass is 16.7. The monoisotopic (exact) mass is 277 g/mol. The quantitative estimate of drug-likeness (QED) is 0.536. The van der Waals surface area contributed by atoms with Crippen LogP contribution in [0, 0.1) is 0 Å². The van der Waals surface area contributed by atoms with Gasteiger partial charge in [0, 0.05) is 13.1 Å². The highest BCUT2D eigenvalue weighted by molar-refractivity contribution is 5.88. The van der Waals surface area contributed by atoms with Gasteiger partial charge in [0.2, 0.25) is 5.60 Å². The molecular formula is C10H15NO8. The molecule has 1 heterocycles. The number of aliphatic carboxylic acids is 3. The summed E-state index contributed by atoms with van der Waals surface area (Å²) in [5.74, 6) is -4.52. The van der Waals surface area contributed by atoms with Gasteiger partial charge in [0.25, 0.3) is 0 Å². The van der Waals surface area contributed by atoms with Gasteiger partial charge in [-0.15, -0.1) is 0 Å². The first-order valence-corrected chi connectivity index (χ1v) is 5.54. The molecule has 9 nitrogen and oxygen atoms in total. The summed E-state index contributed by atoms with van der Waals surface area (Å²) in [6, 6.07) is 0. The number of ether oxygens (including phenoxy) is 1. The lowest BCUT2D eigenvalue weighted by Crippen LogP contribution is -2.52. The van der Waals surface area contributed by atoms with E-state index in [4.69, 9.17) is 24.9 Å². The van der Waals surface area contributed by atoms with Gasteiger partial charge in [0.05, 0.1) is 26.1 Å². The van der Waals surface area contributed by atoms with Crippen LogP contribution in [0.25, 0.3) is 0 Å². The minimum atomic E-state index is -2.31. The average Bonchev–Trinajstić information content (AvgIpc) is 2.27. The van der Waals surface area contributed by atoms with Crippen molar-refractivity contribution < 1.29 is 39.3 Å². The highest BCUT2D eigenvalue weighted by Crippen LogP contribution is 2.24. The van der Waals surface area contributed by atoms with Crippen molar-refractivity contribution in [3.63, 3.8) is 0 Å². The van der Waals surface area contributed by atoms with Gasteiger partial charge >= 0.3 is 17.9 Å². The normalized spacial score (nSPS) is 17.1. The second kappa shape index (κ2) is 6.45. The van der Waals surface area contributed by atoms with Crippen LogP contribution in [0.15, 0.2) is 0 Å². The van der Waals surface area contributed by atoms with Crippen LogP contribution in [0.1, 0.15) is 12.8 Å². The molecule has 1 fully saturated rings. The van der Waals surface area contributed by atoms with Crippen molar-refractivity contribution in [1.82, 2.24) is 5.06 Å². The molecule has 0 bridgehead atoms. The van der Waals surface area contributed by atoms with Gasteiger partial charge in [-0.2, -0.15) is 5.06 Å². The third kappa shape index (κ3) is 4.47. The zero-order valence-corrected chi connectivity index (χ0v) is 10.1. The van der Waals surface area contributed by atoms with Crippen LogP contribution in [-0.2, 0) is 24.0 Å². The summed E-state index contributed by atoms with van der Waals surface area (Å²) < 4.78 is 5.04. The van der Waals surface area contributed by atoms with Crippen LogP contribution in [0.4, 0.5) is 0 Å². The lowest BCUT2D eigenvalue weighted by Gasteiger charge is -2.34. The molecule has 0 radical (unpaired) electrons. The second-order valence-corrected chi connectivity index (χ2v) is 4.07. The van der Waals surface area contributed by atoms with Crippen molar-refractivity contribution in [2.24, 2.45) is 0 Å². The standard InChI is InChI=1S/C10H15NO8/c12-7(13)5-10(9(16)17,6-8(14)15)19-11-1-3-18-4-2-11/h1-6H2,(H,12,13)(H,14,15)(H,16,17). The Balaban J connectivity index is 2.89. The van der Waals surface area contributed by atoms with E-state index in [2.05, 4.69) is 0 Å². The van der Waals surface area contributed by atoms with E-state index in [1.165, 1.54) is 5.06 Å². The van der Waals surface area contributed by atoms with Crippen LogP contribution < -0.4 is 0 Å². The van der Waals surface area contributed by atoms with Gasteiger partial charge in [-0.3, -0.25) is 14.4 Å². The predicted molar refractivity (Wildman–Crippen MR) is 58.3 cm³/mol. The molecule has 19 heavy (non-hydrogen) atoms. The molecule has 0 aliphatic carbocycles. The van der Waals surface area contributed by atoms with E-state index >= 15 is 0 Å². The third-order valence-corrected chi connectivity index (χ3v) is 2.54. The maximum atomic E-state index is 11.3. The maximum absolute atomic E-state index is 11.3. The number of nitrogens with zero attached hydrogens (tertiary/aromatic N) is 1. The number of hydroxylamine groups is 2. The summed E-state index contributed by atoms with van der Waals surface area (Å²) >= 11 is 0. The SMILES string of the molecule is O=C(O)CC(CC(=O)O)(ON1CCOCC1)C(=O)O. The minimum Gasteiger partial charge on any atom is -0.481 e. The first-order chi connectivity index (χ1) is 8.85. The Morgan fingerprint density at radius 1 is 1.05 bits per heavy atom. The number of carboxylic acids is 3. The molecule has 0 unspecified atom stereocenters. The van der Waals surface area contributed by atoms with Crippen LogP contribution in [-0.4, -0.2) is 70.2 Å². The Bertz CT molecular complexity index is 347. The molecule has 108 valence electrons. The molecule has 0 atom stereocenters. The van der Waals surface area contributed by atoms with Gasteiger partial charge in [0.1, 0.15) is 0 Å². The summed E-state index contributed by atoms with van der Waals surface area (Å²) in [6.45, 7) is 1.09. The molecule has 0 aromatic carbocycles. The van der Waals surface area contributed by atoms with Crippen molar-refractivity contribution in [2.45, 2.75) is 18.4 Å². The predicted octanol–water partition coefficient (Wildman–Crippen LogP) is -0.977. The lowest BCUT2D eigenvalue weighted by atomic mass is 9.95. The average molecular weight is 277 g/mol. The summed E-state index contributed by atoms with van der Waals surface area (Å²) in [4.78, 5) is 37.9. The first-order valence-electron chi connectivity index (χ1n) is 5.54. The summed E-state index contributed by atoms with van der Waals surface area (Å²) in [5, 5.41) is 27.9. The van der Waals surface area contributed by atoms with E-state index in [1.54, 1.807) is 0 Å². The fourth-order valence-corrected chi connectivity index (χ4v) is 1.69. The topological polar surface area (TPSA) is 134 Å². The van der Waals surface area contributed by atoms with Crippen LogP contribution in [0.5, 0.6) is 0 Å². The molecule has 3 N–H and O–H groups in total. The smallest absolute Gasteiger partial charge is 0.339 e. The summed E-state index contributed by atoms with van der Waals surface area (Å²) in [6.07, 6.45) is -1.88. The Morgan fingerprint density at radius 2 is 1.53 bits per heavy atom. The summed E-state index contributed by atoms with van der Waals surface area (Å²) in [7, 11) is 0. The van der Waals surface area contributed by atoms with Gasteiger partial charge in [-0.05, 0) is 0 Å². The molecule has 1 rings (SSSR count). The van der Waals surface area contributed by atoms with Crippen molar-refractivity contribution in [3.05, 3.63) is 0 Å². The summed E-state index contributed by atoms with van der Waals surface area (Å²) in [5.41, 5.74) is -2.31. The van der Waals surface area contributed by atoms with E-state index in [-0.39, 0.29) is 13.1 Å². The second-order valence-electron chi connectivity index (χ2n) is 4.07. The largest absolute Gasteiger partial charge is 0.481 e. The lowest BCUT2D eigenvalue weighted by molar-refractivity contribution is -0.270. The fraction of sp³-hybridized carbons (Fsp3) is 0.700. The first kappa shape index (κ1) is 15.3. The van der Waals surface area contributed by atoms with Crippen LogP contribution in [0.2, 0.25) is 0 Å². The van der Waals surface area contributed by atoms with E-state index in [0.717, 1.165) is 0 Å². The van der Waals surface area contributed by atoms with Gasteiger partial charge in [-0.1, -0.05) is 0 Å². The van der Waals surface area contributed by atoms with Gasteiger partial charge in [0.15, 0.2) is 0 Å². The molecule has 1 aliphatic heterocycles. The highest BCUT2D eigenvalue weighted by Gasteiger charge is 2.46. The Morgan fingerprint density at radius 3 is 1.89 bits per heavy atom. The van der Waals surface area contributed by atoms with E-state index < -0.39 is 36.4 Å². The van der Waals surface area contributed by atoms with Crippen molar-refractivity contribution >= 4 is 17.9 Å². The Hall–Kier alpha value is -1.71. The van der Waals surface area contributed by atoms with Crippen LogP contribution in [0.3, 0.4) is 0 Å². The van der Waals surface area contributed by atoms with Gasteiger partial charge in [-0.25, -0.2) is 4.79 Å². The van der Waals surface area contributed by atoms with Crippen molar-refractivity contribution in [3.8, 4) is 0 Å². The zero-order chi connectivity index (χ0) is 14.5. The molecule has 1 saturated heterocycles. The van der Waals surface area contributed by atoms with Crippen molar-refractivity contribution in [1.29, 1.82) is 0 Å². The molecule has 0 saturated carbocycles. The van der Waals surface area contributed by atoms with E-state index in [9.17, 15) is 14.4 Å². The van der Waals surface area contributed by atoms with Crippen molar-refractivity contribution in [2.75, 3.05) is 26.3 Å². The number of hydrogen-bond acceptors (Lipinski definition) is 6. The Kier molecular flexibility index (Phi) is 5.21. The molecular weight excluding hydrogens is 262 g/mol. The fourth-order valence-electron chi connectivity index (χ4n) is 1.69. The zero-order valence-electron chi connectivity index (χ0n) is 10.1. The molecule has 0 spiro atoms.